The van der Waals surface area contributed by atoms with E-state index in [1.807, 2.05) is 18.7 Å². The highest BCUT2D eigenvalue weighted by molar-refractivity contribution is 7.99. The number of nitrogens with two attached hydrogens (primary N) is 1. The van der Waals surface area contributed by atoms with Crippen molar-refractivity contribution >= 4 is 17.7 Å². The Kier molecular flexibility index (Phi) is 5.62. The summed E-state index contributed by atoms with van der Waals surface area (Å²) in [7, 11) is 0. The van der Waals surface area contributed by atoms with Crippen molar-refractivity contribution in [2.75, 3.05) is 12.3 Å². The smallest absolute Gasteiger partial charge is 0.237 e. The minimum atomic E-state index is -0.418. The Bertz CT molecular complexity index is 235. The molecule has 0 spiro atoms. The van der Waals surface area contributed by atoms with Crippen LogP contribution in [0.2, 0.25) is 0 Å². The number of hydrogen-bond acceptors (Lipinski definition) is 3. The van der Waals surface area contributed by atoms with Crippen molar-refractivity contribution in [3.8, 4) is 0 Å². The molecule has 0 aromatic rings. The zero-order valence-corrected chi connectivity index (χ0v) is 11.2. The van der Waals surface area contributed by atoms with Gasteiger partial charge in [0.15, 0.2) is 0 Å². The van der Waals surface area contributed by atoms with Crippen LogP contribution in [-0.2, 0) is 4.79 Å². The van der Waals surface area contributed by atoms with Gasteiger partial charge in [-0.25, -0.2) is 0 Å². The molecule has 94 valence electrons. The average molecular weight is 244 g/mol. The van der Waals surface area contributed by atoms with E-state index in [2.05, 4.69) is 12.2 Å². The van der Waals surface area contributed by atoms with E-state index in [4.69, 9.17) is 5.73 Å². The fourth-order valence-electron chi connectivity index (χ4n) is 2.35. The first kappa shape index (κ1) is 13.8. The van der Waals surface area contributed by atoms with E-state index in [0.29, 0.717) is 5.25 Å². The molecule has 2 unspecified atom stereocenters. The molecule has 3 N–H and O–H groups in total. The summed E-state index contributed by atoms with van der Waals surface area (Å²) in [6.45, 7) is 5.05. The number of nitrogens with one attached hydrogen (secondary N) is 1. The Hall–Kier alpha value is -0.220. The topological polar surface area (TPSA) is 55.1 Å². The highest BCUT2D eigenvalue weighted by Gasteiger charge is 2.43. The second-order valence-electron chi connectivity index (χ2n) is 4.57. The molecule has 16 heavy (non-hydrogen) atoms. The highest BCUT2D eigenvalue weighted by Crippen LogP contribution is 2.37. The van der Waals surface area contributed by atoms with Crippen LogP contribution < -0.4 is 11.1 Å². The maximum absolute atomic E-state index is 11.5. The third kappa shape index (κ3) is 3.39. The molecule has 1 aliphatic rings. The summed E-state index contributed by atoms with van der Waals surface area (Å²) in [6.07, 6.45) is 5.44. The second-order valence-corrected chi connectivity index (χ2v) is 5.97. The van der Waals surface area contributed by atoms with E-state index in [-0.39, 0.29) is 5.91 Å². The van der Waals surface area contributed by atoms with Gasteiger partial charge in [-0.05, 0) is 38.0 Å². The number of likely N-dealkylation sites (N-methyl/N-ethyl adjacent to an activating group) is 1. The number of hydrogen-bond donors (Lipinski definition) is 2. The Morgan fingerprint density at radius 1 is 1.56 bits per heavy atom. The normalized spacial score (nSPS) is 29.5. The number of unbranched alkanes of at least 4 members (excludes halogenated alkanes) is 1. The molecule has 0 heterocycles. The molecule has 1 saturated carbocycles. The monoisotopic (exact) mass is 244 g/mol. The van der Waals surface area contributed by atoms with Crippen molar-refractivity contribution in [1.29, 1.82) is 0 Å². The lowest BCUT2D eigenvalue weighted by Crippen LogP contribution is -2.53. The van der Waals surface area contributed by atoms with Crippen LogP contribution in [0.5, 0.6) is 0 Å². The van der Waals surface area contributed by atoms with E-state index in [1.165, 1.54) is 18.6 Å². The first-order valence-corrected chi connectivity index (χ1v) is 7.36. The van der Waals surface area contributed by atoms with E-state index >= 15 is 0 Å². The molecule has 0 radical (unpaired) electrons. The minimum absolute atomic E-state index is 0.173. The lowest BCUT2D eigenvalue weighted by Gasteiger charge is -2.26. The molecule has 1 amide bonds. The Balaban J connectivity index is 2.43. The largest absolute Gasteiger partial charge is 0.368 e. The fraction of sp³-hybridized carbons (Fsp3) is 0.917. The van der Waals surface area contributed by atoms with Gasteiger partial charge in [0, 0.05) is 5.25 Å². The van der Waals surface area contributed by atoms with Crippen LogP contribution in [0.3, 0.4) is 0 Å². The van der Waals surface area contributed by atoms with Crippen LogP contribution in [0.25, 0.3) is 0 Å². The number of carbonyl (C=O) groups is 1. The quantitative estimate of drug-likeness (QED) is 0.673. The zero-order chi connectivity index (χ0) is 12.0. The number of rotatable bonds is 7. The zero-order valence-electron chi connectivity index (χ0n) is 10.4. The minimum Gasteiger partial charge on any atom is -0.368 e. The molecule has 2 atom stereocenters. The number of primary amides is 1. The molecule has 1 aliphatic carbocycles. The van der Waals surface area contributed by atoms with E-state index < -0.39 is 5.54 Å². The van der Waals surface area contributed by atoms with Gasteiger partial charge in [-0.15, -0.1) is 0 Å². The van der Waals surface area contributed by atoms with Crippen LogP contribution in [0, 0.1) is 0 Å². The first-order valence-electron chi connectivity index (χ1n) is 6.31. The molecule has 3 nitrogen and oxygen atoms in total. The van der Waals surface area contributed by atoms with Crippen LogP contribution in [0.4, 0.5) is 0 Å². The molecule has 0 aromatic carbocycles. The Labute approximate surface area is 103 Å². The lowest BCUT2D eigenvalue weighted by molar-refractivity contribution is -0.124. The lowest BCUT2D eigenvalue weighted by atomic mass is 9.97. The van der Waals surface area contributed by atoms with E-state index in [9.17, 15) is 4.79 Å². The molecule has 0 saturated heterocycles. The fourth-order valence-corrected chi connectivity index (χ4v) is 3.82. The SMILES string of the molecule is CCCCSC1CCC(NCC)(C(N)=O)C1. The molecule has 1 rings (SSSR count). The van der Waals surface area contributed by atoms with Crippen molar-refractivity contribution in [2.45, 2.75) is 56.7 Å². The van der Waals surface area contributed by atoms with Gasteiger partial charge in [0.05, 0.1) is 5.54 Å². The summed E-state index contributed by atoms with van der Waals surface area (Å²) in [5, 5.41) is 3.90. The van der Waals surface area contributed by atoms with Gasteiger partial charge in [-0.1, -0.05) is 20.3 Å². The highest BCUT2D eigenvalue weighted by atomic mass is 32.2. The molecular formula is C12H24N2OS. The van der Waals surface area contributed by atoms with Crippen LogP contribution in [-0.4, -0.2) is 29.0 Å². The predicted octanol–water partition coefficient (Wildman–Crippen LogP) is 1.91. The third-order valence-electron chi connectivity index (χ3n) is 3.31. The van der Waals surface area contributed by atoms with Gasteiger partial charge in [0.1, 0.15) is 0 Å². The standard InChI is InChI=1S/C12H24N2OS/c1-3-5-8-16-10-6-7-12(9-10,11(13)15)14-4-2/h10,14H,3-9H2,1-2H3,(H2,13,15). The van der Waals surface area contributed by atoms with Gasteiger partial charge in [-0.3, -0.25) is 4.79 Å². The summed E-state index contributed by atoms with van der Waals surface area (Å²) < 4.78 is 0. The van der Waals surface area contributed by atoms with Crippen molar-refractivity contribution < 1.29 is 4.79 Å². The molecule has 0 bridgehead atoms. The second kappa shape index (κ2) is 6.50. The summed E-state index contributed by atoms with van der Waals surface area (Å²) in [5.74, 6) is 1.04. The van der Waals surface area contributed by atoms with Crippen molar-refractivity contribution in [3.63, 3.8) is 0 Å². The summed E-state index contributed by atoms with van der Waals surface area (Å²) in [4.78, 5) is 11.5. The third-order valence-corrected chi connectivity index (χ3v) is 4.71. The summed E-state index contributed by atoms with van der Waals surface area (Å²) in [6, 6.07) is 0. The molecule has 0 aromatic heterocycles. The van der Waals surface area contributed by atoms with Gasteiger partial charge in [0.2, 0.25) is 5.91 Å². The number of amides is 1. The van der Waals surface area contributed by atoms with Gasteiger partial charge >= 0.3 is 0 Å². The summed E-state index contributed by atoms with van der Waals surface area (Å²) in [5.41, 5.74) is 5.11. The maximum atomic E-state index is 11.5. The Morgan fingerprint density at radius 2 is 2.31 bits per heavy atom. The van der Waals surface area contributed by atoms with Crippen molar-refractivity contribution in [2.24, 2.45) is 5.73 Å². The van der Waals surface area contributed by atoms with Gasteiger partial charge in [0.25, 0.3) is 0 Å². The van der Waals surface area contributed by atoms with Gasteiger partial charge < -0.3 is 11.1 Å². The summed E-state index contributed by atoms with van der Waals surface area (Å²) >= 11 is 2.01. The molecular weight excluding hydrogens is 220 g/mol. The van der Waals surface area contributed by atoms with Crippen LogP contribution >= 0.6 is 11.8 Å². The van der Waals surface area contributed by atoms with Crippen molar-refractivity contribution in [1.82, 2.24) is 5.32 Å². The first-order chi connectivity index (χ1) is 7.64. The van der Waals surface area contributed by atoms with Crippen molar-refractivity contribution in [3.05, 3.63) is 0 Å². The predicted molar refractivity (Wildman–Crippen MR) is 70.6 cm³/mol. The maximum Gasteiger partial charge on any atom is 0.237 e. The molecule has 4 heteroatoms. The molecule has 1 fully saturated rings. The number of carbonyl (C=O) groups excluding carboxylic acids is 1. The average Bonchev–Trinajstić information content (AvgIpc) is 2.64. The molecule has 0 aliphatic heterocycles. The van der Waals surface area contributed by atoms with Crippen LogP contribution in [0.1, 0.15) is 46.0 Å². The van der Waals surface area contributed by atoms with Crippen LogP contribution in [0.15, 0.2) is 0 Å². The van der Waals surface area contributed by atoms with E-state index in [1.54, 1.807) is 0 Å². The van der Waals surface area contributed by atoms with E-state index in [0.717, 1.165) is 25.8 Å². The number of thioether (sulfide) groups is 1. The Morgan fingerprint density at radius 3 is 2.88 bits per heavy atom. The van der Waals surface area contributed by atoms with Gasteiger partial charge in [-0.2, -0.15) is 11.8 Å².